The maximum absolute atomic E-state index is 10.0. The topological polar surface area (TPSA) is 132 Å². The molecule has 0 spiro atoms. The van der Waals surface area contributed by atoms with Crippen LogP contribution in [-0.2, 0) is 0 Å². The Labute approximate surface area is 196 Å². The Morgan fingerprint density at radius 1 is 0.941 bits per heavy atom. The van der Waals surface area contributed by atoms with Crippen molar-refractivity contribution in [1.29, 1.82) is 10.7 Å². The monoisotopic (exact) mass is 464 g/mol. The predicted molar refractivity (Wildman–Crippen MR) is 123 cm³/mol. The smallest absolute Gasteiger partial charge is 0.244 e. The van der Waals surface area contributed by atoms with Crippen LogP contribution >= 0.6 is 0 Å². The summed E-state index contributed by atoms with van der Waals surface area (Å²) in [7, 11) is 7.70. The third kappa shape index (κ3) is 3.61. The molecule has 0 saturated carbocycles. The van der Waals surface area contributed by atoms with Gasteiger partial charge < -0.3 is 28.4 Å². The third-order valence-corrected chi connectivity index (χ3v) is 5.77. The molecule has 0 bridgehead atoms. The number of H-pyrrole nitrogens is 1. The van der Waals surface area contributed by atoms with E-state index in [0.717, 1.165) is 0 Å². The first kappa shape index (κ1) is 22.8. The van der Waals surface area contributed by atoms with Crippen molar-refractivity contribution in [3.05, 3.63) is 41.5 Å². The van der Waals surface area contributed by atoms with Gasteiger partial charge >= 0.3 is 0 Å². The van der Waals surface area contributed by atoms with Crippen LogP contribution in [-0.4, -0.2) is 51.6 Å². The van der Waals surface area contributed by atoms with E-state index in [2.05, 4.69) is 16.3 Å². The summed E-state index contributed by atoms with van der Waals surface area (Å²) < 4.78 is 33.1. The average Bonchev–Trinajstić information content (AvgIpc) is 3.29. The van der Waals surface area contributed by atoms with Crippen molar-refractivity contribution >= 4 is 5.90 Å². The molecule has 1 aromatic heterocycles. The summed E-state index contributed by atoms with van der Waals surface area (Å²) in [5, 5.41) is 25.7. The summed E-state index contributed by atoms with van der Waals surface area (Å²) in [5.41, 5.74) is 2.52. The van der Waals surface area contributed by atoms with Gasteiger partial charge in [-0.1, -0.05) is 0 Å². The minimum atomic E-state index is -0.924. The average molecular weight is 464 g/mol. The third-order valence-electron chi connectivity index (χ3n) is 5.77. The van der Waals surface area contributed by atoms with Gasteiger partial charge in [0.25, 0.3) is 0 Å². The zero-order chi connectivity index (χ0) is 24.4. The fraction of sp³-hybridized carbons (Fsp3) is 0.292. The Morgan fingerprint density at radius 2 is 1.62 bits per heavy atom. The van der Waals surface area contributed by atoms with Gasteiger partial charge in [-0.25, -0.2) is 0 Å². The van der Waals surface area contributed by atoms with Crippen LogP contribution in [0.2, 0.25) is 0 Å². The maximum Gasteiger partial charge on any atom is 0.244 e. The van der Waals surface area contributed by atoms with E-state index in [4.69, 9.17) is 33.8 Å². The minimum Gasteiger partial charge on any atom is -0.497 e. The van der Waals surface area contributed by atoms with Crippen LogP contribution in [0.5, 0.6) is 34.6 Å². The van der Waals surface area contributed by atoms with E-state index >= 15 is 0 Å². The summed E-state index contributed by atoms with van der Waals surface area (Å²) in [6.07, 6.45) is 0. The summed E-state index contributed by atoms with van der Waals surface area (Å²) in [4.78, 5) is 0. The second-order valence-corrected chi connectivity index (χ2v) is 7.39. The number of nitriles is 1. The number of nitrogens with zero attached hydrogens (tertiary/aromatic N) is 2. The van der Waals surface area contributed by atoms with Gasteiger partial charge in [-0.3, -0.25) is 10.5 Å². The molecule has 3 aromatic rings. The molecule has 1 aliphatic heterocycles. The summed E-state index contributed by atoms with van der Waals surface area (Å²) in [5.74, 6) is 0.942. The molecule has 1 aliphatic rings. The lowest BCUT2D eigenvalue weighted by Crippen LogP contribution is -2.31. The number of fused-ring (bicyclic) bond motifs is 1. The number of aromatic nitrogens is 2. The molecule has 4 rings (SSSR count). The minimum absolute atomic E-state index is 0.201. The largest absolute Gasteiger partial charge is 0.497 e. The molecule has 2 atom stereocenters. The van der Waals surface area contributed by atoms with Gasteiger partial charge in [0.05, 0.1) is 52.9 Å². The number of benzene rings is 2. The van der Waals surface area contributed by atoms with E-state index in [9.17, 15) is 5.26 Å². The molecule has 176 valence electrons. The molecule has 0 radical (unpaired) electrons. The van der Waals surface area contributed by atoms with Crippen molar-refractivity contribution in [3.8, 4) is 52.0 Å². The van der Waals surface area contributed by atoms with Crippen molar-refractivity contribution in [3.63, 3.8) is 0 Å². The number of nitrogens with one attached hydrogen (secondary N) is 2. The van der Waals surface area contributed by atoms with Gasteiger partial charge in [-0.05, 0) is 30.3 Å². The number of methoxy groups -OCH3 is 5. The van der Waals surface area contributed by atoms with E-state index in [0.29, 0.717) is 51.1 Å². The lowest BCUT2D eigenvalue weighted by molar-refractivity contribution is 0.324. The SMILES string of the molecule is COc1ccc(OC)c(C2c3c(n[nH]c3-c3cc(OC)c(OC)c(OC)c3)OC(=N)C2C#N)c1. The summed E-state index contributed by atoms with van der Waals surface area (Å²) in [6.45, 7) is 0. The normalized spacial score (nSPS) is 16.6. The first-order chi connectivity index (χ1) is 16.5. The number of hydrogen-bond donors (Lipinski definition) is 2. The Kier molecular flexibility index (Phi) is 6.19. The van der Waals surface area contributed by atoms with Crippen LogP contribution in [0.15, 0.2) is 30.3 Å². The Balaban J connectivity index is 1.99. The number of ether oxygens (including phenoxy) is 6. The van der Waals surface area contributed by atoms with Gasteiger partial charge in [0.15, 0.2) is 11.5 Å². The van der Waals surface area contributed by atoms with Crippen LogP contribution in [0, 0.1) is 22.7 Å². The van der Waals surface area contributed by atoms with Gasteiger partial charge in [0.1, 0.15) is 17.4 Å². The standard InChI is InChI=1S/C24H24N4O6/c1-29-13-6-7-16(30-2)14(10-13)19-15(11-25)23(26)34-24-20(19)21(27-28-24)12-8-17(31-3)22(33-5)18(9-12)32-4/h6-10,15,19,26H,1-5H3,(H,27,28). The lowest BCUT2D eigenvalue weighted by Gasteiger charge is -2.29. The van der Waals surface area contributed by atoms with Gasteiger partial charge in [0, 0.05) is 17.0 Å². The Bertz CT molecular complexity index is 1250. The van der Waals surface area contributed by atoms with Gasteiger partial charge in [-0.15, -0.1) is 5.10 Å². The molecule has 2 aromatic carbocycles. The molecule has 10 nitrogen and oxygen atoms in total. The zero-order valence-electron chi connectivity index (χ0n) is 19.4. The van der Waals surface area contributed by atoms with Crippen LogP contribution in [0.3, 0.4) is 0 Å². The molecule has 0 saturated heterocycles. The van der Waals surface area contributed by atoms with E-state index in [1.165, 1.54) is 21.3 Å². The fourth-order valence-electron chi connectivity index (χ4n) is 4.18. The van der Waals surface area contributed by atoms with Crippen LogP contribution in [0.25, 0.3) is 11.3 Å². The number of aromatic amines is 1. The van der Waals surface area contributed by atoms with E-state index in [1.54, 1.807) is 44.6 Å². The highest BCUT2D eigenvalue weighted by Gasteiger charge is 2.42. The molecule has 2 heterocycles. The van der Waals surface area contributed by atoms with E-state index < -0.39 is 11.8 Å². The number of rotatable bonds is 7. The molecular formula is C24H24N4O6. The Hall–Kier alpha value is -4.39. The van der Waals surface area contributed by atoms with Crippen molar-refractivity contribution in [2.24, 2.45) is 5.92 Å². The predicted octanol–water partition coefficient (Wildman–Crippen LogP) is 3.76. The maximum atomic E-state index is 10.0. The fourth-order valence-corrected chi connectivity index (χ4v) is 4.18. The quantitative estimate of drug-likeness (QED) is 0.540. The van der Waals surface area contributed by atoms with Crippen LogP contribution in [0.4, 0.5) is 0 Å². The lowest BCUT2D eigenvalue weighted by atomic mass is 9.78. The molecule has 0 aliphatic carbocycles. The van der Waals surface area contributed by atoms with E-state index in [-0.39, 0.29) is 11.8 Å². The van der Waals surface area contributed by atoms with Crippen molar-refractivity contribution in [1.82, 2.24) is 10.2 Å². The molecular weight excluding hydrogens is 440 g/mol. The molecule has 10 heteroatoms. The Morgan fingerprint density at radius 3 is 2.18 bits per heavy atom. The van der Waals surface area contributed by atoms with Crippen molar-refractivity contribution < 1.29 is 28.4 Å². The van der Waals surface area contributed by atoms with Gasteiger partial charge in [-0.2, -0.15) is 5.26 Å². The van der Waals surface area contributed by atoms with Crippen LogP contribution in [0.1, 0.15) is 17.0 Å². The van der Waals surface area contributed by atoms with E-state index in [1.807, 2.05) is 0 Å². The molecule has 0 fully saturated rings. The highest BCUT2D eigenvalue weighted by Crippen LogP contribution is 2.50. The number of hydrogen-bond acceptors (Lipinski definition) is 9. The highest BCUT2D eigenvalue weighted by atomic mass is 16.5. The van der Waals surface area contributed by atoms with Gasteiger partial charge in [0.2, 0.25) is 17.5 Å². The first-order valence-electron chi connectivity index (χ1n) is 10.3. The summed E-state index contributed by atoms with van der Waals surface area (Å²) in [6, 6.07) is 11.1. The summed E-state index contributed by atoms with van der Waals surface area (Å²) >= 11 is 0. The molecule has 2 unspecified atom stereocenters. The highest BCUT2D eigenvalue weighted by molar-refractivity contribution is 5.87. The second kappa shape index (κ2) is 9.23. The zero-order valence-corrected chi connectivity index (χ0v) is 19.4. The van der Waals surface area contributed by atoms with Crippen molar-refractivity contribution in [2.45, 2.75) is 5.92 Å². The molecule has 0 amide bonds. The first-order valence-corrected chi connectivity index (χ1v) is 10.3. The second-order valence-electron chi connectivity index (χ2n) is 7.39. The van der Waals surface area contributed by atoms with Crippen molar-refractivity contribution in [2.75, 3.05) is 35.5 Å². The molecule has 2 N–H and O–H groups in total. The molecule has 34 heavy (non-hydrogen) atoms. The van der Waals surface area contributed by atoms with Crippen LogP contribution < -0.4 is 28.4 Å².